The molecule has 8 nitrogen and oxygen atoms in total. The minimum Gasteiger partial charge on any atom is -0.354 e. The Morgan fingerprint density at radius 1 is 1.03 bits per heavy atom. The number of rotatable bonds is 6. The molecule has 0 saturated carbocycles. The van der Waals surface area contributed by atoms with Gasteiger partial charge in [0.15, 0.2) is 0 Å². The van der Waals surface area contributed by atoms with Gasteiger partial charge in [0, 0.05) is 50.2 Å². The Balaban J connectivity index is 1.39. The summed E-state index contributed by atoms with van der Waals surface area (Å²) in [6.07, 6.45) is 0. The van der Waals surface area contributed by atoms with Gasteiger partial charge in [-0.25, -0.2) is 0 Å². The number of hydrogen-bond acceptors (Lipinski definition) is 6. The van der Waals surface area contributed by atoms with E-state index in [-0.39, 0.29) is 11.8 Å². The Labute approximate surface area is 222 Å². The maximum Gasteiger partial charge on any atom is 0.258 e. The highest BCUT2D eigenvalue weighted by Gasteiger charge is 2.29. The molecule has 192 valence electrons. The number of nitrogens with zero attached hydrogens (tertiary/aromatic N) is 4. The van der Waals surface area contributed by atoms with Gasteiger partial charge in [-0.2, -0.15) is 5.26 Å². The van der Waals surface area contributed by atoms with E-state index in [1.54, 1.807) is 30.1 Å². The third-order valence-corrected chi connectivity index (χ3v) is 7.06. The Bertz CT molecular complexity index is 1420. The molecule has 0 atom stereocenters. The fourth-order valence-electron chi connectivity index (χ4n) is 4.73. The number of amides is 2. The van der Waals surface area contributed by atoms with Gasteiger partial charge < -0.3 is 20.4 Å². The van der Waals surface area contributed by atoms with Crippen LogP contribution >= 0.6 is 0 Å². The molecule has 0 radical (unpaired) electrons. The first-order valence-corrected chi connectivity index (χ1v) is 12.6. The first-order valence-electron chi connectivity index (χ1n) is 12.6. The second-order valence-electron chi connectivity index (χ2n) is 9.65. The third-order valence-electron chi connectivity index (χ3n) is 7.06. The summed E-state index contributed by atoms with van der Waals surface area (Å²) in [5.41, 5.74) is 5.48. The highest BCUT2D eigenvalue weighted by atomic mass is 16.2. The lowest BCUT2D eigenvalue weighted by molar-refractivity contribution is -0.119. The molecule has 2 aliphatic rings. The molecule has 0 bridgehead atoms. The van der Waals surface area contributed by atoms with Gasteiger partial charge in [-0.05, 0) is 49.0 Å². The zero-order valence-electron chi connectivity index (χ0n) is 21.6. The Morgan fingerprint density at radius 2 is 1.74 bits per heavy atom. The van der Waals surface area contributed by atoms with Gasteiger partial charge in [0.1, 0.15) is 0 Å². The number of piperazine rings is 1. The van der Waals surface area contributed by atoms with E-state index in [0.29, 0.717) is 29.1 Å². The zero-order valence-corrected chi connectivity index (χ0v) is 21.6. The van der Waals surface area contributed by atoms with E-state index in [9.17, 15) is 14.9 Å². The predicted molar refractivity (Wildman–Crippen MR) is 150 cm³/mol. The van der Waals surface area contributed by atoms with Crippen molar-refractivity contribution < 1.29 is 9.59 Å². The molecule has 0 aliphatic carbocycles. The van der Waals surface area contributed by atoms with E-state index in [4.69, 9.17) is 0 Å². The van der Waals surface area contributed by atoms with Crippen molar-refractivity contribution in [3.63, 3.8) is 0 Å². The summed E-state index contributed by atoms with van der Waals surface area (Å²) in [6.45, 7) is 4.13. The van der Waals surface area contributed by atoms with Crippen molar-refractivity contribution in [2.75, 3.05) is 62.4 Å². The molecular formula is C30H30N6O2. The molecule has 1 fully saturated rings. The normalized spacial score (nSPS) is 16.8. The Kier molecular flexibility index (Phi) is 7.22. The van der Waals surface area contributed by atoms with Crippen LogP contribution in [0.25, 0.3) is 11.3 Å². The van der Waals surface area contributed by atoms with Crippen molar-refractivity contribution in [1.82, 2.24) is 9.80 Å². The molecule has 1 saturated heterocycles. The number of likely N-dealkylation sites (N-methyl/N-ethyl adjacent to an activating group) is 2. The van der Waals surface area contributed by atoms with Gasteiger partial charge >= 0.3 is 0 Å². The number of nitrogens with one attached hydrogen (secondary N) is 2. The molecule has 38 heavy (non-hydrogen) atoms. The predicted octanol–water partition coefficient (Wildman–Crippen LogP) is 3.70. The van der Waals surface area contributed by atoms with Crippen LogP contribution in [0.1, 0.15) is 16.7 Å². The Hall–Kier alpha value is -4.45. The summed E-state index contributed by atoms with van der Waals surface area (Å²) in [4.78, 5) is 32.1. The van der Waals surface area contributed by atoms with E-state index in [0.717, 1.165) is 48.7 Å². The fraction of sp³-hybridized carbons (Fsp3) is 0.233. The van der Waals surface area contributed by atoms with Gasteiger partial charge in [-0.15, -0.1) is 0 Å². The molecule has 2 aliphatic heterocycles. The molecule has 3 aromatic rings. The quantitative estimate of drug-likeness (QED) is 0.496. The minimum atomic E-state index is -0.229. The fourth-order valence-corrected chi connectivity index (χ4v) is 4.73. The zero-order chi connectivity index (χ0) is 26.6. The highest BCUT2D eigenvalue weighted by Crippen LogP contribution is 2.38. The largest absolute Gasteiger partial charge is 0.354 e. The smallest absolute Gasteiger partial charge is 0.258 e. The van der Waals surface area contributed by atoms with Crippen molar-refractivity contribution in [1.29, 1.82) is 5.26 Å². The second-order valence-corrected chi connectivity index (χ2v) is 9.65. The van der Waals surface area contributed by atoms with Crippen molar-refractivity contribution >= 4 is 40.1 Å². The molecule has 5 rings (SSSR count). The minimum absolute atomic E-state index is 0.0540. The van der Waals surface area contributed by atoms with Gasteiger partial charge in [0.2, 0.25) is 5.91 Å². The van der Waals surface area contributed by atoms with Crippen LogP contribution in [0.4, 0.5) is 17.1 Å². The molecule has 0 spiro atoms. The van der Waals surface area contributed by atoms with Crippen molar-refractivity contribution in [2.24, 2.45) is 0 Å². The van der Waals surface area contributed by atoms with Crippen LogP contribution in [0.2, 0.25) is 0 Å². The lowest BCUT2D eigenvalue weighted by atomic mass is 9.99. The van der Waals surface area contributed by atoms with Gasteiger partial charge in [-0.3, -0.25) is 14.5 Å². The molecule has 2 amide bonds. The molecule has 0 aromatic heterocycles. The van der Waals surface area contributed by atoms with Gasteiger partial charge in [-0.1, -0.05) is 36.4 Å². The maximum absolute atomic E-state index is 13.1. The second kappa shape index (κ2) is 10.9. The van der Waals surface area contributed by atoms with E-state index >= 15 is 0 Å². The molecule has 0 unspecified atom stereocenters. The molecule has 3 aromatic carbocycles. The monoisotopic (exact) mass is 506 g/mol. The van der Waals surface area contributed by atoms with Crippen LogP contribution in [0, 0.1) is 11.3 Å². The average molecular weight is 507 g/mol. The molecular weight excluding hydrogens is 476 g/mol. The van der Waals surface area contributed by atoms with Crippen LogP contribution in [0.15, 0.2) is 72.8 Å². The number of fused-ring (bicyclic) bond motifs is 1. The molecule has 2 heterocycles. The molecule has 8 heteroatoms. The Morgan fingerprint density at radius 3 is 2.42 bits per heavy atom. The van der Waals surface area contributed by atoms with Crippen LogP contribution in [-0.2, 0) is 9.59 Å². The number of benzene rings is 3. The lowest BCUT2D eigenvalue weighted by Gasteiger charge is -2.32. The standard InChI is InChI=1S/C30H30N6O2/c1-34-14-16-36(17-15-34)20-27(37)35(2)24-11-9-23(10-12-24)32-29(22-6-4-3-5-7-22)28-25-13-8-21(19-31)18-26(25)33-30(28)38/h3-13,18,32H,14-17,20H2,1-2H3,(H,33,38). The number of anilines is 3. The van der Waals surface area contributed by atoms with Crippen LogP contribution in [-0.4, -0.2) is 68.4 Å². The summed E-state index contributed by atoms with van der Waals surface area (Å²) in [7, 11) is 3.90. The van der Waals surface area contributed by atoms with Crippen molar-refractivity contribution in [3.8, 4) is 6.07 Å². The number of nitriles is 1. The maximum atomic E-state index is 13.1. The average Bonchev–Trinajstić information content (AvgIpc) is 3.27. The summed E-state index contributed by atoms with van der Waals surface area (Å²) in [5.74, 6) is -0.175. The topological polar surface area (TPSA) is 91.7 Å². The summed E-state index contributed by atoms with van der Waals surface area (Å²) < 4.78 is 0. The van der Waals surface area contributed by atoms with Crippen molar-refractivity contribution in [2.45, 2.75) is 0 Å². The summed E-state index contributed by atoms with van der Waals surface area (Å²) >= 11 is 0. The lowest BCUT2D eigenvalue weighted by Crippen LogP contribution is -2.48. The third kappa shape index (κ3) is 5.30. The van der Waals surface area contributed by atoms with Crippen LogP contribution in [0.5, 0.6) is 0 Å². The van der Waals surface area contributed by atoms with E-state index in [1.807, 2.05) is 54.6 Å². The van der Waals surface area contributed by atoms with Crippen LogP contribution < -0.4 is 15.5 Å². The van der Waals surface area contributed by atoms with E-state index < -0.39 is 0 Å². The number of carbonyl (C=O) groups excluding carboxylic acids is 2. The summed E-state index contributed by atoms with van der Waals surface area (Å²) in [5, 5.41) is 15.6. The van der Waals surface area contributed by atoms with Gasteiger partial charge in [0.05, 0.1) is 35.1 Å². The molecule has 2 N–H and O–H groups in total. The number of hydrogen-bond donors (Lipinski definition) is 2. The first kappa shape index (κ1) is 25.2. The summed E-state index contributed by atoms with van der Waals surface area (Å²) in [6, 6.07) is 24.6. The number of carbonyl (C=O) groups is 2. The first-order chi connectivity index (χ1) is 18.4. The van der Waals surface area contributed by atoms with Crippen molar-refractivity contribution in [3.05, 3.63) is 89.5 Å². The van der Waals surface area contributed by atoms with Crippen LogP contribution in [0.3, 0.4) is 0 Å². The van der Waals surface area contributed by atoms with E-state index in [2.05, 4.69) is 33.6 Å². The van der Waals surface area contributed by atoms with Gasteiger partial charge in [0.25, 0.3) is 5.91 Å². The highest BCUT2D eigenvalue weighted by molar-refractivity contribution is 6.37. The SMILES string of the molecule is CN1CCN(CC(=O)N(C)c2ccc(NC(=C3C(=O)Nc4cc(C#N)ccc43)c3ccccc3)cc2)CC1. The van der Waals surface area contributed by atoms with E-state index in [1.165, 1.54) is 0 Å².